The Morgan fingerprint density at radius 3 is 2.63 bits per heavy atom. The molecule has 1 saturated heterocycles. The molecule has 1 unspecified atom stereocenters. The number of hydrogen-bond acceptors (Lipinski definition) is 7. The summed E-state index contributed by atoms with van der Waals surface area (Å²) in [6.07, 6.45) is 1.44. The van der Waals surface area contributed by atoms with E-state index in [0.717, 1.165) is 17.2 Å². The van der Waals surface area contributed by atoms with Gasteiger partial charge in [0.25, 0.3) is 0 Å². The fourth-order valence-electron chi connectivity index (χ4n) is 4.98. The number of sulfone groups is 1. The molecule has 0 N–H and O–H groups in total. The minimum atomic E-state index is -4.22. The quantitative estimate of drug-likeness (QED) is 0.406. The summed E-state index contributed by atoms with van der Waals surface area (Å²) in [5, 5.41) is 8.99. The van der Waals surface area contributed by atoms with Gasteiger partial charge in [-0.1, -0.05) is 11.6 Å². The maximum atomic E-state index is 15.4. The highest BCUT2D eigenvalue weighted by Gasteiger charge is 2.61. The van der Waals surface area contributed by atoms with Crippen molar-refractivity contribution in [2.45, 2.75) is 33.6 Å². The molecule has 0 amide bonds. The van der Waals surface area contributed by atoms with E-state index in [-0.39, 0.29) is 35.8 Å². The number of fused-ring (bicyclic) bond motifs is 3. The van der Waals surface area contributed by atoms with E-state index >= 15 is 4.39 Å². The van der Waals surface area contributed by atoms with E-state index in [4.69, 9.17) is 21.1 Å². The van der Waals surface area contributed by atoms with Crippen LogP contribution in [0.1, 0.15) is 18.4 Å². The van der Waals surface area contributed by atoms with Gasteiger partial charge in [0.15, 0.2) is 21.4 Å². The number of halogens is 3. The number of thioether (sulfide) groups is 1. The molecule has 1 fully saturated rings. The normalized spacial score (nSPS) is 23.7. The van der Waals surface area contributed by atoms with E-state index in [0.29, 0.717) is 17.2 Å². The summed E-state index contributed by atoms with van der Waals surface area (Å²) >= 11 is 7.44. The summed E-state index contributed by atoms with van der Waals surface area (Å²) in [7, 11) is -4.22. The van der Waals surface area contributed by atoms with Gasteiger partial charge in [-0.2, -0.15) is 5.10 Å². The highest BCUT2D eigenvalue weighted by molar-refractivity contribution is 7.99. The smallest absolute Gasteiger partial charge is 0.189 e. The summed E-state index contributed by atoms with van der Waals surface area (Å²) in [4.78, 5) is -0.0157. The van der Waals surface area contributed by atoms with E-state index in [1.165, 1.54) is 36.0 Å². The van der Waals surface area contributed by atoms with Gasteiger partial charge in [0.05, 0.1) is 23.2 Å². The lowest BCUT2D eigenvalue weighted by Gasteiger charge is -2.50. The molecule has 0 saturated carbocycles. The van der Waals surface area contributed by atoms with E-state index in [9.17, 15) is 12.8 Å². The summed E-state index contributed by atoms with van der Waals surface area (Å²) in [6, 6.07) is 11.2. The Bertz CT molecular complexity index is 1330. The minimum absolute atomic E-state index is 0.0157. The number of nitrogens with zero attached hydrogens (tertiary/aromatic N) is 2. The van der Waals surface area contributed by atoms with Crippen LogP contribution in [0.4, 0.5) is 8.78 Å². The third kappa shape index (κ3) is 4.20. The van der Waals surface area contributed by atoms with Crippen molar-refractivity contribution in [1.29, 1.82) is 0 Å². The molecule has 5 rings (SSSR count). The van der Waals surface area contributed by atoms with Crippen LogP contribution in [-0.4, -0.2) is 43.7 Å². The molecule has 35 heavy (non-hydrogen) atoms. The Morgan fingerprint density at radius 2 is 1.89 bits per heavy atom. The van der Waals surface area contributed by atoms with Crippen LogP contribution in [-0.2, 0) is 19.3 Å². The minimum Gasteiger partial charge on any atom is -0.490 e. The first-order valence-electron chi connectivity index (χ1n) is 11.0. The standard InChI is InChI=1S/C24H21ClF2N2O4S2/c25-15-3-5-16(6-4-15)35(30,31)24-10-12-32-20(9-13-34-21-2-1-11-28-29-21)17(24)14-33-23-19(27)8-7-18(26)22(23)24/h1-8,11,17,20H,9-10,12-14H2/t17?,20-,24-/m0/s1. The second-order valence-corrected chi connectivity index (χ2v) is 12.1. The number of aromatic nitrogens is 2. The maximum Gasteiger partial charge on any atom is 0.189 e. The highest BCUT2D eigenvalue weighted by Crippen LogP contribution is 2.56. The van der Waals surface area contributed by atoms with Crippen LogP contribution >= 0.6 is 23.4 Å². The Morgan fingerprint density at radius 1 is 1.11 bits per heavy atom. The van der Waals surface area contributed by atoms with Crippen molar-refractivity contribution in [3.8, 4) is 5.75 Å². The van der Waals surface area contributed by atoms with E-state index in [2.05, 4.69) is 10.2 Å². The first-order valence-corrected chi connectivity index (χ1v) is 13.8. The predicted molar refractivity (Wildman–Crippen MR) is 127 cm³/mol. The number of rotatable bonds is 6. The van der Waals surface area contributed by atoms with Crippen molar-refractivity contribution in [3.05, 3.63) is 76.9 Å². The van der Waals surface area contributed by atoms with Crippen molar-refractivity contribution in [2.24, 2.45) is 5.92 Å². The Balaban J connectivity index is 1.58. The monoisotopic (exact) mass is 538 g/mol. The average molecular weight is 539 g/mol. The predicted octanol–water partition coefficient (Wildman–Crippen LogP) is 5.06. The molecular formula is C24H21ClF2N2O4S2. The zero-order valence-corrected chi connectivity index (χ0v) is 20.8. The van der Waals surface area contributed by atoms with Crippen LogP contribution in [0.15, 0.2) is 64.6 Å². The van der Waals surface area contributed by atoms with Crippen LogP contribution in [0.5, 0.6) is 5.75 Å². The van der Waals surface area contributed by atoms with Crippen LogP contribution < -0.4 is 4.74 Å². The third-order valence-corrected chi connectivity index (χ3v) is 10.3. The number of ether oxygens (including phenoxy) is 2. The largest absolute Gasteiger partial charge is 0.490 e. The van der Waals surface area contributed by atoms with Gasteiger partial charge in [-0.15, -0.1) is 16.9 Å². The number of hydrogen-bond donors (Lipinski definition) is 0. The van der Waals surface area contributed by atoms with Gasteiger partial charge < -0.3 is 9.47 Å². The Labute approximate surface area is 210 Å². The molecule has 2 aliphatic heterocycles. The molecule has 184 valence electrons. The molecule has 0 bridgehead atoms. The van der Waals surface area contributed by atoms with Crippen molar-refractivity contribution in [1.82, 2.24) is 10.2 Å². The molecule has 1 aromatic heterocycles. The van der Waals surface area contributed by atoms with Gasteiger partial charge in [0, 0.05) is 29.5 Å². The Kier molecular flexibility index (Phi) is 6.73. The summed E-state index contributed by atoms with van der Waals surface area (Å²) in [6.45, 7) is -0.0557. The average Bonchev–Trinajstić information content (AvgIpc) is 2.86. The Hall–Kier alpha value is -2.27. The van der Waals surface area contributed by atoms with Crippen LogP contribution in [0, 0.1) is 17.6 Å². The molecule has 2 aliphatic rings. The van der Waals surface area contributed by atoms with Gasteiger partial charge >= 0.3 is 0 Å². The molecule has 6 nitrogen and oxygen atoms in total. The van der Waals surface area contributed by atoms with Gasteiger partial charge in [0.2, 0.25) is 0 Å². The molecular weight excluding hydrogens is 518 g/mol. The molecule has 0 radical (unpaired) electrons. The number of benzene rings is 2. The molecule has 2 aromatic carbocycles. The first-order chi connectivity index (χ1) is 16.8. The second-order valence-electron chi connectivity index (χ2n) is 8.36. The third-order valence-electron chi connectivity index (χ3n) is 6.55. The topological polar surface area (TPSA) is 78.4 Å². The molecule has 11 heteroatoms. The van der Waals surface area contributed by atoms with Crippen molar-refractivity contribution >= 4 is 33.2 Å². The second kappa shape index (κ2) is 9.65. The van der Waals surface area contributed by atoms with Crippen LogP contribution in [0.25, 0.3) is 0 Å². The van der Waals surface area contributed by atoms with Gasteiger partial charge in [-0.25, -0.2) is 17.2 Å². The van der Waals surface area contributed by atoms with Gasteiger partial charge in [-0.3, -0.25) is 0 Å². The lowest BCUT2D eigenvalue weighted by Crippen LogP contribution is -2.57. The van der Waals surface area contributed by atoms with Gasteiger partial charge in [-0.05, 0) is 61.4 Å². The van der Waals surface area contributed by atoms with Crippen molar-refractivity contribution in [2.75, 3.05) is 19.0 Å². The van der Waals surface area contributed by atoms with E-state index in [1.54, 1.807) is 12.3 Å². The maximum absolute atomic E-state index is 15.4. The SMILES string of the molecule is O=S(=O)(c1ccc(Cl)cc1)[C@@]12CCO[C@@H](CCSc3cccnn3)C1COc1c(F)ccc(F)c12. The van der Waals surface area contributed by atoms with Crippen LogP contribution in [0.2, 0.25) is 5.02 Å². The lowest BCUT2D eigenvalue weighted by molar-refractivity contribution is -0.0731. The van der Waals surface area contributed by atoms with Crippen molar-refractivity contribution < 1.29 is 26.7 Å². The molecule has 3 aromatic rings. The molecule has 0 spiro atoms. The lowest BCUT2D eigenvalue weighted by atomic mass is 9.75. The van der Waals surface area contributed by atoms with Crippen molar-refractivity contribution in [3.63, 3.8) is 0 Å². The fraction of sp³-hybridized carbons (Fsp3) is 0.333. The first kappa shape index (κ1) is 24.4. The molecule has 3 heterocycles. The summed E-state index contributed by atoms with van der Waals surface area (Å²) < 4.78 is 68.6. The summed E-state index contributed by atoms with van der Waals surface area (Å²) in [5.41, 5.74) is -0.265. The van der Waals surface area contributed by atoms with E-state index in [1.807, 2.05) is 6.07 Å². The zero-order chi connectivity index (χ0) is 24.6. The molecule has 0 aliphatic carbocycles. The van der Waals surface area contributed by atoms with E-state index < -0.39 is 38.2 Å². The highest BCUT2D eigenvalue weighted by atomic mass is 35.5. The zero-order valence-electron chi connectivity index (χ0n) is 18.4. The van der Waals surface area contributed by atoms with Gasteiger partial charge in [0.1, 0.15) is 15.6 Å². The summed E-state index contributed by atoms with van der Waals surface area (Å²) in [5.74, 6) is -2.17. The fourth-order valence-corrected chi connectivity index (χ4v) is 8.29. The van der Waals surface area contributed by atoms with Crippen LogP contribution in [0.3, 0.4) is 0 Å². The molecule has 3 atom stereocenters.